The highest BCUT2D eigenvalue weighted by Gasteiger charge is 2.37. The van der Waals surface area contributed by atoms with E-state index in [2.05, 4.69) is 5.32 Å². The molecule has 1 atom stereocenters. The van der Waals surface area contributed by atoms with Gasteiger partial charge in [-0.1, -0.05) is 30.3 Å². The fraction of sp³-hybridized carbons (Fsp3) is 0.222. The summed E-state index contributed by atoms with van der Waals surface area (Å²) in [4.78, 5) is 26.1. The van der Waals surface area contributed by atoms with E-state index >= 15 is 0 Å². The summed E-state index contributed by atoms with van der Waals surface area (Å²) < 4.78 is 39.0. The number of halogens is 3. The summed E-state index contributed by atoms with van der Waals surface area (Å²) in [5.74, 6) is -1.98. The van der Waals surface area contributed by atoms with E-state index in [1.807, 2.05) is 12.1 Å². The zero-order valence-corrected chi connectivity index (χ0v) is 13.3. The van der Waals surface area contributed by atoms with E-state index in [1.54, 1.807) is 19.1 Å². The van der Waals surface area contributed by atoms with E-state index in [4.69, 9.17) is 0 Å². The molecular weight excluding hydrogens is 333 g/mol. The zero-order chi connectivity index (χ0) is 18.2. The smallest absolute Gasteiger partial charge is 0.317 e. The first kappa shape index (κ1) is 17.0. The summed E-state index contributed by atoms with van der Waals surface area (Å²) in [6.07, 6.45) is -4.03. The third kappa shape index (κ3) is 3.22. The van der Waals surface area contributed by atoms with Crippen molar-refractivity contribution in [2.45, 2.75) is 25.6 Å². The van der Waals surface area contributed by atoms with Crippen LogP contribution in [0, 0.1) is 0 Å². The number of amides is 2. The van der Waals surface area contributed by atoms with Gasteiger partial charge in [-0.05, 0) is 37.1 Å². The summed E-state index contributed by atoms with van der Waals surface area (Å²) in [7, 11) is 0. The predicted molar refractivity (Wildman–Crippen MR) is 87.2 cm³/mol. The van der Waals surface area contributed by atoms with Gasteiger partial charge < -0.3 is 10.2 Å². The van der Waals surface area contributed by atoms with Crippen molar-refractivity contribution in [2.75, 3.05) is 10.2 Å². The average Bonchev–Trinajstić information content (AvgIpc) is 2.89. The van der Waals surface area contributed by atoms with Crippen molar-refractivity contribution in [3.8, 4) is 0 Å². The third-order valence-corrected chi connectivity index (χ3v) is 4.10. The predicted octanol–water partition coefficient (Wildman–Crippen LogP) is 3.62. The van der Waals surface area contributed by atoms with E-state index in [9.17, 15) is 22.8 Å². The van der Waals surface area contributed by atoms with Gasteiger partial charge in [-0.2, -0.15) is 13.2 Å². The van der Waals surface area contributed by atoms with Crippen LogP contribution in [-0.4, -0.2) is 17.9 Å². The van der Waals surface area contributed by atoms with Crippen molar-refractivity contribution in [3.63, 3.8) is 0 Å². The number of hydrogen-bond acceptors (Lipinski definition) is 2. The van der Waals surface area contributed by atoms with E-state index in [1.165, 1.54) is 17.0 Å². The molecular formula is C18H15F3N2O2. The van der Waals surface area contributed by atoms with Gasteiger partial charge in [-0.3, -0.25) is 9.59 Å². The summed E-state index contributed by atoms with van der Waals surface area (Å²) in [5.41, 5.74) is 0.102. The first-order valence-corrected chi connectivity index (χ1v) is 7.67. The topological polar surface area (TPSA) is 49.4 Å². The van der Waals surface area contributed by atoms with Gasteiger partial charge in [-0.25, -0.2) is 0 Å². The van der Waals surface area contributed by atoms with Crippen LogP contribution >= 0.6 is 0 Å². The SMILES string of the molecule is CC1Cc2ccccc2N1C(=O)C(=O)Nc1ccccc1C(F)(F)F. The number of hydrogen-bond donors (Lipinski definition) is 1. The lowest BCUT2D eigenvalue weighted by Gasteiger charge is -2.22. The minimum atomic E-state index is -4.62. The summed E-state index contributed by atoms with van der Waals surface area (Å²) in [6.45, 7) is 1.79. The molecule has 2 amide bonds. The highest BCUT2D eigenvalue weighted by atomic mass is 19.4. The van der Waals surface area contributed by atoms with Crippen molar-refractivity contribution in [2.24, 2.45) is 0 Å². The van der Waals surface area contributed by atoms with Crippen LogP contribution in [0.1, 0.15) is 18.1 Å². The third-order valence-electron chi connectivity index (χ3n) is 4.10. The number of anilines is 2. The Hall–Kier alpha value is -2.83. The Labute approximate surface area is 142 Å². The van der Waals surface area contributed by atoms with Crippen LogP contribution in [0.2, 0.25) is 0 Å². The molecule has 0 bridgehead atoms. The van der Waals surface area contributed by atoms with Gasteiger partial charge in [0.05, 0.1) is 11.3 Å². The number of rotatable bonds is 1. The summed E-state index contributed by atoms with van der Waals surface area (Å²) in [5, 5.41) is 2.09. The zero-order valence-electron chi connectivity index (χ0n) is 13.3. The fourth-order valence-electron chi connectivity index (χ4n) is 3.00. The molecule has 0 saturated carbocycles. The lowest BCUT2D eigenvalue weighted by atomic mass is 10.1. The molecule has 25 heavy (non-hydrogen) atoms. The Morgan fingerprint density at radius 1 is 1.08 bits per heavy atom. The standard InChI is InChI=1S/C18H15F3N2O2/c1-11-10-12-6-2-5-9-15(12)23(11)17(25)16(24)22-14-8-4-3-7-13(14)18(19,20)21/h2-9,11H,10H2,1H3,(H,22,24). The second kappa shape index (κ2) is 6.23. The fourth-order valence-corrected chi connectivity index (χ4v) is 3.00. The average molecular weight is 348 g/mol. The van der Waals surface area contributed by atoms with Crippen LogP contribution in [-0.2, 0) is 22.2 Å². The number of fused-ring (bicyclic) bond motifs is 1. The molecule has 1 N–H and O–H groups in total. The number of carbonyl (C=O) groups is 2. The second-order valence-electron chi connectivity index (χ2n) is 5.85. The molecule has 1 heterocycles. The minimum absolute atomic E-state index is 0.242. The largest absolute Gasteiger partial charge is 0.418 e. The highest BCUT2D eigenvalue weighted by molar-refractivity contribution is 6.44. The Bertz CT molecular complexity index is 833. The molecule has 4 nitrogen and oxygen atoms in total. The monoisotopic (exact) mass is 348 g/mol. The first-order chi connectivity index (χ1) is 11.8. The number of benzene rings is 2. The van der Waals surface area contributed by atoms with E-state index in [0.717, 1.165) is 17.7 Å². The molecule has 0 aliphatic carbocycles. The number of para-hydroxylation sites is 2. The highest BCUT2D eigenvalue weighted by Crippen LogP contribution is 2.35. The lowest BCUT2D eigenvalue weighted by molar-refractivity contribution is -0.137. The Morgan fingerprint density at radius 3 is 2.44 bits per heavy atom. The van der Waals surface area contributed by atoms with Gasteiger partial charge in [0.2, 0.25) is 0 Å². The lowest BCUT2D eigenvalue weighted by Crippen LogP contribution is -2.43. The molecule has 2 aromatic carbocycles. The van der Waals surface area contributed by atoms with Crippen LogP contribution in [0.5, 0.6) is 0 Å². The molecule has 1 aliphatic rings. The van der Waals surface area contributed by atoms with Crippen molar-refractivity contribution >= 4 is 23.2 Å². The van der Waals surface area contributed by atoms with E-state index in [-0.39, 0.29) is 6.04 Å². The Morgan fingerprint density at radius 2 is 1.72 bits per heavy atom. The van der Waals surface area contributed by atoms with E-state index in [0.29, 0.717) is 12.1 Å². The van der Waals surface area contributed by atoms with Crippen molar-refractivity contribution in [1.82, 2.24) is 0 Å². The molecule has 1 unspecified atom stereocenters. The van der Waals surface area contributed by atoms with Gasteiger partial charge in [0.25, 0.3) is 0 Å². The van der Waals surface area contributed by atoms with Gasteiger partial charge in [0.1, 0.15) is 0 Å². The maximum Gasteiger partial charge on any atom is 0.418 e. The minimum Gasteiger partial charge on any atom is -0.317 e. The Kier molecular flexibility index (Phi) is 4.24. The molecule has 0 radical (unpaired) electrons. The number of alkyl halides is 3. The van der Waals surface area contributed by atoms with E-state index < -0.39 is 29.2 Å². The van der Waals surface area contributed by atoms with Crippen LogP contribution < -0.4 is 10.2 Å². The molecule has 2 aromatic rings. The number of carbonyl (C=O) groups excluding carboxylic acids is 2. The molecule has 3 rings (SSSR count). The summed E-state index contributed by atoms with van der Waals surface area (Å²) in [6, 6.07) is 11.5. The van der Waals surface area contributed by atoms with Crippen molar-refractivity contribution < 1.29 is 22.8 Å². The van der Waals surface area contributed by atoms with Crippen molar-refractivity contribution in [3.05, 3.63) is 59.7 Å². The molecule has 0 aromatic heterocycles. The number of nitrogens with zero attached hydrogens (tertiary/aromatic N) is 1. The van der Waals surface area contributed by atoms with Gasteiger partial charge >= 0.3 is 18.0 Å². The maximum absolute atomic E-state index is 13.0. The van der Waals surface area contributed by atoms with Crippen molar-refractivity contribution in [1.29, 1.82) is 0 Å². The van der Waals surface area contributed by atoms with Crippen LogP contribution in [0.25, 0.3) is 0 Å². The first-order valence-electron chi connectivity index (χ1n) is 7.67. The van der Waals surface area contributed by atoms with Crippen LogP contribution in [0.3, 0.4) is 0 Å². The normalized spacial score (nSPS) is 16.5. The molecule has 130 valence electrons. The second-order valence-corrected chi connectivity index (χ2v) is 5.85. The van der Waals surface area contributed by atoms with Crippen LogP contribution in [0.15, 0.2) is 48.5 Å². The van der Waals surface area contributed by atoms with Gasteiger partial charge in [-0.15, -0.1) is 0 Å². The van der Waals surface area contributed by atoms with Gasteiger partial charge in [0.15, 0.2) is 0 Å². The maximum atomic E-state index is 13.0. The molecule has 0 saturated heterocycles. The Balaban J connectivity index is 1.85. The molecule has 0 spiro atoms. The molecule has 7 heteroatoms. The van der Waals surface area contributed by atoms with Crippen LogP contribution in [0.4, 0.5) is 24.5 Å². The summed E-state index contributed by atoms with van der Waals surface area (Å²) >= 11 is 0. The molecule has 0 fully saturated rings. The quantitative estimate of drug-likeness (QED) is 0.800. The number of nitrogens with one attached hydrogen (secondary N) is 1. The van der Waals surface area contributed by atoms with Gasteiger partial charge in [0, 0.05) is 11.7 Å². The molecule has 1 aliphatic heterocycles.